The molecule has 0 bridgehead atoms. The minimum Gasteiger partial charge on any atom is -0.320 e. The Kier molecular flexibility index (Phi) is 6.58. The van der Waals surface area contributed by atoms with Gasteiger partial charge in [-0.25, -0.2) is 0 Å². The van der Waals surface area contributed by atoms with Crippen molar-refractivity contribution in [3.8, 4) is 5.69 Å². The number of carbonyl (C=O) groups is 1. The summed E-state index contributed by atoms with van der Waals surface area (Å²) >= 11 is 1.25. The molecule has 9 nitrogen and oxygen atoms in total. The highest BCUT2D eigenvalue weighted by Crippen LogP contribution is 2.26. The molecule has 1 aliphatic heterocycles. The van der Waals surface area contributed by atoms with Crippen molar-refractivity contribution in [1.29, 1.82) is 0 Å². The van der Waals surface area contributed by atoms with E-state index in [0.29, 0.717) is 11.7 Å². The summed E-state index contributed by atoms with van der Waals surface area (Å²) in [6.45, 7) is 2.79. The fourth-order valence-electron chi connectivity index (χ4n) is 3.53. The molecule has 1 N–H and O–H groups in total. The van der Waals surface area contributed by atoms with Crippen LogP contribution >= 0.6 is 11.8 Å². The van der Waals surface area contributed by atoms with Crippen LogP contribution in [-0.2, 0) is 11.3 Å². The molecule has 0 atom stereocenters. The highest BCUT2D eigenvalue weighted by molar-refractivity contribution is 7.99. The zero-order valence-electron chi connectivity index (χ0n) is 16.8. The predicted molar refractivity (Wildman–Crippen MR) is 118 cm³/mol. The quantitative estimate of drug-likeness (QED) is 0.326. The lowest BCUT2D eigenvalue weighted by Crippen LogP contribution is -2.21. The van der Waals surface area contributed by atoms with Crippen LogP contribution in [0.5, 0.6) is 0 Å². The molecular weight excluding hydrogens is 416 g/mol. The van der Waals surface area contributed by atoms with Crippen LogP contribution in [0.3, 0.4) is 0 Å². The summed E-state index contributed by atoms with van der Waals surface area (Å²) in [5.41, 5.74) is 0.974. The van der Waals surface area contributed by atoms with Gasteiger partial charge in [0.25, 0.3) is 5.69 Å². The monoisotopic (exact) mass is 438 g/mol. The normalized spacial score (nSPS) is 13.9. The summed E-state index contributed by atoms with van der Waals surface area (Å²) in [4.78, 5) is 25.5. The van der Waals surface area contributed by atoms with Gasteiger partial charge in [-0.3, -0.25) is 24.4 Å². The summed E-state index contributed by atoms with van der Waals surface area (Å²) in [7, 11) is 0. The average Bonchev–Trinajstić information content (AvgIpc) is 3.43. The molecule has 2 heterocycles. The zero-order chi connectivity index (χ0) is 21.6. The van der Waals surface area contributed by atoms with E-state index in [1.54, 1.807) is 12.1 Å². The third kappa shape index (κ3) is 5.09. The molecule has 1 fully saturated rings. The molecule has 0 spiro atoms. The third-order valence-corrected chi connectivity index (χ3v) is 5.91. The number of thioether (sulfide) groups is 1. The Morgan fingerprint density at radius 3 is 2.52 bits per heavy atom. The lowest BCUT2D eigenvalue weighted by Gasteiger charge is -2.16. The molecule has 0 radical (unpaired) electrons. The highest BCUT2D eigenvalue weighted by atomic mass is 32.2. The van der Waals surface area contributed by atoms with Gasteiger partial charge >= 0.3 is 0 Å². The zero-order valence-corrected chi connectivity index (χ0v) is 17.6. The van der Waals surface area contributed by atoms with Gasteiger partial charge in [-0.05, 0) is 44.1 Å². The number of anilines is 1. The van der Waals surface area contributed by atoms with Gasteiger partial charge in [-0.15, -0.1) is 10.2 Å². The van der Waals surface area contributed by atoms with E-state index in [0.717, 1.165) is 24.6 Å². The number of amides is 1. The predicted octanol–water partition coefficient (Wildman–Crippen LogP) is 3.50. The number of nitro groups is 1. The van der Waals surface area contributed by atoms with Crippen molar-refractivity contribution in [2.45, 2.75) is 24.5 Å². The van der Waals surface area contributed by atoms with Crippen molar-refractivity contribution in [2.75, 3.05) is 24.2 Å². The number of hydrogen-bond donors (Lipinski definition) is 1. The van der Waals surface area contributed by atoms with Gasteiger partial charge in [0.05, 0.1) is 17.2 Å². The van der Waals surface area contributed by atoms with Gasteiger partial charge in [-0.2, -0.15) is 0 Å². The van der Waals surface area contributed by atoms with E-state index >= 15 is 0 Å². The second-order valence-electron chi connectivity index (χ2n) is 7.16. The van der Waals surface area contributed by atoms with Crippen LogP contribution < -0.4 is 5.32 Å². The summed E-state index contributed by atoms with van der Waals surface area (Å²) in [6.07, 6.45) is 2.37. The second-order valence-corrected chi connectivity index (χ2v) is 8.11. The number of carbonyl (C=O) groups excluding carboxylic acids is 1. The highest BCUT2D eigenvalue weighted by Gasteiger charge is 2.21. The summed E-state index contributed by atoms with van der Waals surface area (Å²) in [6, 6.07) is 15.9. The number of nitrogens with zero attached hydrogens (tertiary/aromatic N) is 5. The number of nitrogens with one attached hydrogen (secondary N) is 1. The van der Waals surface area contributed by atoms with Gasteiger partial charge in [0.2, 0.25) is 5.91 Å². The number of benzene rings is 2. The summed E-state index contributed by atoms with van der Waals surface area (Å²) in [5, 5.41) is 23.1. The van der Waals surface area contributed by atoms with Crippen molar-refractivity contribution in [1.82, 2.24) is 19.7 Å². The Labute approximate surface area is 183 Å². The smallest absolute Gasteiger partial charge is 0.292 e. The third-order valence-electron chi connectivity index (χ3n) is 4.99. The number of aromatic nitrogens is 3. The molecule has 31 heavy (non-hydrogen) atoms. The van der Waals surface area contributed by atoms with Crippen LogP contribution in [0.25, 0.3) is 5.69 Å². The van der Waals surface area contributed by atoms with E-state index in [9.17, 15) is 14.9 Å². The molecule has 1 aliphatic rings. The minimum absolute atomic E-state index is 0.0563. The molecule has 0 saturated carbocycles. The van der Waals surface area contributed by atoms with Crippen LogP contribution in [0, 0.1) is 10.1 Å². The van der Waals surface area contributed by atoms with Crippen molar-refractivity contribution in [3.63, 3.8) is 0 Å². The maximum atomic E-state index is 12.5. The summed E-state index contributed by atoms with van der Waals surface area (Å²) in [5.74, 6) is 0.540. The average molecular weight is 439 g/mol. The van der Waals surface area contributed by atoms with E-state index in [-0.39, 0.29) is 23.0 Å². The fourth-order valence-corrected chi connectivity index (χ4v) is 4.30. The largest absolute Gasteiger partial charge is 0.320 e. The van der Waals surface area contributed by atoms with Crippen LogP contribution in [0.1, 0.15) is 18.7 Å². The molecule has 2 aromatic carbocycles. The van der Waals surface area contributed by atoms with Gasteiger partial charge in [0, 0.05) is 11.8 Å². The lowest BCUT2D eigenvalue weighted by atomic mass is 10.2. The molecule has 1 aromatic heterocycles. The van der Waals surface area contributed by atoms with E-state index < -0.39 is 4.92 Å². The van der Waals surface area contributed by atoms with E-state index in [4.69, 9.17) is 0 Å². The van der Waals surface area contributed by atoms with Crippen LogP contribution in [-0.4, -0.2) is 49.3 Å². The van der Waals surface area contributed by atoms with Gasteiger partial charge in [0.1, 0.15) is 5.69 Å². The number of para-hydroxylation sites is 3. The Hall–Kier alpha value is -3.24. The Bertz CT molecular complexity index is 1070. The lowest BCUT2D eigenvalue weighted by molar-refractivity contribution is -0.383. The van der Waals surface area contributed by atoms with E-state index in [1.807, 2.05) is 34.9 Å². The molecule has 1 amide bonds. The first-order valence-electron chi connectivity index (χ1n) is 10.00. The van der Waals surface area contributed by atoms with Gasteiger partial charge < -0.3 is 5.32 Å². The number of rotatable bonds is 8. The van der Waals surface area contributed by atoms with Crippen LogP contribution in [0.2, 0.25) is 0 Å². The first-order chi connectivity index (χ1) is 15.1. The Balaban J connectivity index is 1.50. The van der Waals surface area contributed by atoms with Crippen molar-refractivity contribution < 1.29 is 9.72 Å². The standard InChI is InChI=1S/C21H22N6O3S/c28-20(22-17-10-4-5-11-18(17)27(29)30)15-31-21-24-23-19(14-25-12-6-7-13-25)26(21)16-8-2-1-3-9-16/h1-5,8-11H,6-7,12-15H2,(H,22,28). The maximum absolute atomic E-state index is 12.5. The SMILES string of the molecule is O=C(CSc1nnc(CN2CCCC2)n1-c1ccccc1)Nc1ccccc1[N+](=O)[O-]. The molecule has 1 saturated heterocycles. The molecule has 160 valence electrons. The molecule has 0 unspecified atom stereocenters. The minimum atomic E-state index is -0.514. The Morgan fingerprint density at radius 1 is 1.06 bits per heavy atom. The first kappa shape index (κ1) is 21.0. The van der Waals surface area contributed by atoms with Crippen molar-refractivity contribution >= 4 is 29.0 Å². The van der Waals surface area contributed by atoms with Crippen LogP contribution in [0.15, 0.2) is 59.8 Å². The fraction of sp³-hybridized carbons (Fsp3) is 0.286. The summed E-state index contributed by atoms with van der Waals surface area (Å²) < 4.78 is 1.97. The topological polar surface area (TPSA) is 106 Å². The number of nitro benzene ring substituents is 1. The van der Waals surface area contributed by atoms with Gasteiger partial charge in [0.15, 0.2) is 11.0 Å². The number of likely N-dealkylation sites (tertiary alicyclic amines) is 1. The van der Waals surface area contributed by atoms with Crippen molar-refractivity contribution in [2.24, 2.45) is 0 Å². The van der Waals surface area contributed by atoms with E-state index in [2.05, 4.69) is 20.4 Å². The van der Waals surface area contributed by atoms with Crippen molar-refractivity contribution in [3.05, 3.63) is 70.5 Å². The molecule has 3 aromatic rings. The maximum Gasteiger partial charge on any atom is 0.292 e. The molecule has 10 heteroatoms. The van der Waals surface area contributed by atoms with E-state index in [1.165, 1.54) is 36.7 Å². The second kappa shape index (κ2) is 9.71. The van der Waals surface area contributed by atoms with Crippen LogP contribution in [0.4, 0.5) is 11.4 Å². The molecule has 4 rings (SSSR count). The number of hydrogen-bond acceptors (Lipinski definition) is 7. The molecular formula is C21H22N6O3S. The molecule has 0 aliphatic carbocycles. The Morgan fingerprint density at radius 2 is 1.77 bits per heavy atom. The first-order valence-corrected chi connectivity index (χ1v) is 11.0. The van der Waals surface area contributed by atoms with Gasteiger partial charge in [-0.1, -0.05) is 42.1 Å².